The van der Waals surface area contributed by atoms with E-state index in [-0.39, 0.29) is 33.6 Å². The number of esters is 1. The highest BCUT2D eigenvalue weighted by molar-refractivity contribution is 9.10. The lowest BCUT2D eigenvalue weighted by atomic mass is 10.1. The molecule has 0 saturated carbocycles. The minimum absolute atomic E-state index is 0.0243. The van der Waals surface area contributed by atoms with Crippen molar-refractivity contribution >= 4 is 54.9 Å². The number of thiophene rings is 1. The monoisotopic (exact) mass is 565 g/mol. The van der Waals surface area contributed by atoms with Crippen molar-refractivity contribution in [3.05, 3.63) is 85.6 Å². The SMILES string of the molecule is CCOC(=O)c1nn(-c2ccc(Br)cc2)c(=O)c2c(NC(=O)c3ccc(C(F)(F)F)cc3)scc12. The molecule has 0 bridgehead atoms. The van der Waals surface area contributed by atoms with Gasteiger partial charge in [0.2, 0.25) is 0 Å². The van der Waals surface area contributed by atoms with Gasteiger partial charge < -0.3 is 10.1 Å². The number of ether oxygens (including phenoxy) is 1. The van der Waals surface area contributed by atoms with Crippen LogP contribution in [0.15, 0.2) is 63.2 Å². The third kappa shape index (κ3) is 4.98. The van der Waals surface area contributed by atoms with Gasteiger partial charge in [-0.2, -0.15) is 23.0 Å². The molecule has 0 aliphatic rings. The van der Waals surface area contributed by atoms with E-state index in [4.69, 9.17) is 4.74 Å². The third-order valence-electron chi connectivity index (χ3n) is 4.89. The molecule has 4 rings (SSSR count). The molecule has 2 aromatic heterocycles. The number of aromatic nitrogens is 2. The average Bonchev–Trinajstić information content (AvgIpc) is 3.24. The number of nitrogens with one attached hydrogen (secondary N) is 1. The van der Waals surface area contributed by atoms with Crippen LogP contribution >= 0.6 is 27.3 Å². The van der Waals surface area contributed by atoms with Gasteiger partial charge >= 0.3 is 12.1 Å². The maximum Gasteiger partial charge on any atom is 0.416 e. The smallest absolute Gasteiger partial charge is 0.416 e. The van der Waals surface area contributed by atoms with Crippen molar-refractivity contribution in [1.82, 2.24) is 9.78 Å². The highest BCUT2D eigenvalue weighted by Crippen LogP contribution is 2.32. The lowest BCUT2D eigenvalue weighted by molar-refractivity contribution is -0.137. The summed E-state index contributed by atoms with van der Waals surface area (Å²) in [5.74, 6) is -1.46. The Kier molecular flexibility index (Phi) is 6.77. The number of amides is 1. The van der Waals surface area contributed by atoms with Crippen LogP contribution in [0.2, 0.25) is 0 Å². The predicted octanol–water partition coefficient (Wildman–Crippen LogP) is 5.66. The molecule has 0 spiro atoms. The minimum atomic E-state index is -4.53. The number of fused-ring (bicyclic) bond motifs is 1. The molecule has 0 saturated heterocycles. The Hall–Kier alpha value is -3.51. The molecule has 0 unspecified atom stereocenters. The molecule has 1 N–H and O–H groups in total. The zero-order chi connectivity index (χ0) is 25.3. The van der Waals surface area contributed by atoms with Gasteiger partial charge in [-0.05, 0) is 55.5 Å². The Morgan fingerprint density at radius 2 is 1.77 bits per heavy atom. The fourth-order valence-electron chi connectivity index (χ4n) is 3.24. The number of nitrogens with zero attached hydrogens (tertiary/aromatic N) is 2. The first-order valence-electron chi connectivity index (χ1n) is 10.1. The van der Waals surface area contributed by atoms with Gasteiger partial charge in [-0.25, -0.2) is 4.79 Å². The van der Waals surface area contributed by atoms with Crippen LogP contribution < -0.4 is 10.9 Å². The fraction of sp³-hybridized carbons (Fsp3) is 0.130. The van der Waals surface area contributed by atoms with Crippen LogP contribution in [0.4, 0.5) is 18.2 Å². The largest absolute Gasteiger partial charge is 0.461 e. The lowest BCUT2D eigenvalue weighted by Crippen LogP contribution is -2.25. The summed E-state index contributed by atoms with van der Waals surface area (Å²) in [6, 6.07) is 10.3. The number of anilines is 1. The predicted molar refractivity (Wildman–Crippen MR) is 128 cm³/mol. The van der Waals surface area contributed by atoms with Crippen LogP contribution in [0.3, 0.4) is 0 Å². The second-order valence-corrected chi connectivity index (χ2v) is 8.94. The number of alkyl halides is 3. The molecule has 4 aromatic rings. The van der Waals surface area contributed by atoms with Gasteiger partial charge in [0.05, 0.1) is 23.2 Å². The molecule has 7 nitrogen and oxygen atoms in total. The van der Waals surface area contributed by atoms with Crippen LogP contribution in [-0.4, -0.2) is 28.3 Å². The summed E-state index contributed by atoms with van der Waals surface area (Å²) in [6.07, 6.45) is -4.53. The maximum atomic E-state index is 13.4. The van der Waals surface area contributed by atoms with E-state index in [0.29, 0.717) is 5.69 Å². The van der Waals surface area contributed by atoms with E-state index in [9.17, 15) is 27.6 Å². The zero-order valence-corrected chi connectivity index (χ0v) is 20.3. The summed E-state index contributed by atoms with van der Waals surface area (Å²) >= 11 is 4.30. The van der Waals surface area contributed by atoms with E-state index >= 15 is 0 Å². The van der Waals surface area contributed by atoms with E-state index in [1.807, 2.05) is 0 Å². The van der Waals surface area contributed by atoms with Crippen LogP contribution in [-0.2, 0) is 10.9 Å². The van der Waals surface area contributed by atoms with Gasteiger partial charge in [0.25, 0.3) is 11.5 Å². The van der Waals surface area contributed by atoms with Crippen LogP contribution in [0, 0.1) is 0 Å². The minimum Gasteiger partial charge on any atom is -0.461 e. The molecule has 0 atom stereocenters. The van der Waals surface area contributed by atoms with E-state index < -0.39 is 29.2 Å². The number of carbonyl (C=O) groups excluding carboxylic acids is 2. The molecule has 180 valence electrons. The quantitative estimate of drug-likeness (QED) is 0.315. The Morgan fingerprint density at radius 1 is 1.11 bits per heavy atom. The Labute approximate surface area is 208 Å². The topological polar surface area (TPSA) is 90.3 Å². The number of hydrogen-bond donors (Lipinski definition) is 1. The first-order chi connectivity index (χ1) is 16.6. The highest BCUT2D eigenvalue weighted by Gasteiger charge is 2.30. The molecule has 0 radical (unpaired) electrons. The van der Waals surface area contributed by atoms with Crippen molar-refractivity contribution in [2.45, 2.75) is 13.1 Å². The summed E-state index contributed by atoms with van der Waals surface area (Å²) in [4.78, 5) is 38.7. The molecule has 2 aromatic carbocycles. The molecular weight excluding hydrogens is 551 g/mol. The van der Waals surface area contributed by atoms with Crippen molar-refractivity contribution in [1.29, 1.82) is 0 Å². The van der Waals surface area contributed by atoms with Crippen molar-refractivity contribution < 1.29 is 27.5 Å². The van der Waals surface area contributed by atoms with Crippen molar-refractivity contribution in [3.63, 3.8) is 0 Å². The van der Waals surface area contributed by atoms with E-state index in [0.717, 1.165) is 44.8 Å². The number of hydrogen-bond acceptors (Lipinski definition) is 6. The molecule has 0 fully saturated rings. The van der Waals surface area contributed by atoms with Gasteiger partial charge in [-0.15, -0.1) is 11.3 Å². The van der Waals surface area contributed by atoms with Crippen LogP contribution in [0.5, 0.6) is 0 Å². The number of halogens is 4. The molecule has 1 amide bonds. The molecule has 0 aliphatic carbocycles. The van der Waals surface area contributed by atoms with E-state index in [1.54, 1.807) is 31.2 Å². The standard InChI is InChI=1S/C23H15BrF3N3O4S/c1-2-34-22(33)18-16-11-35-20(28-19(31)12-3-5-13(6-4-12)23(25,26)27)17(16)21(32)30(29-18)15-9-7-14(24)8-10-15/h3-11H,2H2,1H3,(H,28,31). The fourth-order valence-corrected chi connectivity index (χ4v) is 4.43. The normalized spacial score (nSPS) is 11.5. The molecule has 2 heterocycles. The molecule has 35 heavy (non-hydrogen) atoms. The summed E-state index contributed by atoms with van der Waals surface area (Å²) < 4.78 is 45.3. The number of carbonyl (C=O) groups is 2. The summed E-state index contributed by atoms with van der Waals surface area (Å²) in [5, 5.41) is 8.59. The summed E-state index contributed by atoms with van der Waals surface area (Å²) in [7, 11) is 0. The third-order valence-corrected chi connectivity index (χ3v) is 6.32. The summed E-state index contributed by atoms with van der Waals surface area (Å²) in [6.45, 7) is 1.71. The van der Waals surface area contributed by atoms with Crippen molar-refractivity contribution in [2.24, 2.45) is 0 Å². The van der Waals surface area contributed by atoms with Gasteiger partial charge in [0, 0.05) is 20.8 Å². The first kappa shape index (κ1) is 24.6. The first-order valence-corrected chi connectivity index (χ1v) is 11.7. The lowest BCUT2D eigenvalue weighted by Gasteiger charge is -2.10. The molecule has 12 heteroatoms. The average molecular weight is 566 g/mol. The highest BCUT2D eigenvalue weighted by atomic mass is 79.9. The van der Waals surface area contributed by atoms with E-state index in [2.05, 4.69) is 26.3 Å². The zero-order valence-electron chi connectivity index (χ0n) is 17.9. The van der Waals surface area contributed by atoms with Crippen molar-refractivity contribution in [3.8, 4) is 5.69 Å². The molecular formula is C23H15BrF3N3O4S. The molecule has 0 aliphatic heterocycles. The van der Waals surface area contributed by atoms with Gasteiger partial charge in [0.1, 0.15) is 5.00 Å². The second kappa shape index (κ2) is 9.62. The summed E-state index contributed by atoms with van der Waals surface area (Å²) in [5.41, 5.74) is -1.27. The maximum absolute atomic E-state index is 13.4. The van der Waals surface area contributed by atoms with Crippen LogP contribution in [0.1, 0.15) is 33.3 Å². The Balaban J connectivity index is 1.80. The van der Waals surface area contributed by atoms with Gasteiger partial charge in [0.15, 0.2) is 5.69 Å². The number of rotatable bonds is 5. The van der Waals surface area contributed by atoms with E-state index in [1.165, 1.54) is 5.38 Å². The Morgan fingerprint density at radius 3 is 2.37 bits per heavy atom. The Bertz CT molecular complexity index is 1480. The van der Waals surface area contributed by atoms with Crippen molar-refractivity contribution in [2.75, 3.05) is 11.9 Å². The van der Waals surface area contributed by atoms with Gasteiger partial charge in [-0.1, -0.05) is 15.9 Å². The van der Waals surface area contributed by atoms with Crippen LogP contribution in [0.25, 0.3) is 16.5 Å². The van der Waals surface area contributed by atoms with Gasteiger partial charge in [-0.3, -0.25) is 9.59 Å². The number of benzene rings is 2. The second-order valence-electron chi connectivity index (χ2n) is 7.15.